The first-order valence-corrected chi connectivity index (χ1v) is 10.3. The predicted octanol–water partition coefficient (Wildman–Crippen LogP) is 2.63. The van der Waals surface area contributed by atoms with Gasteiger partial charge in [0.1, 0.15) is 11.4 Å². The molecule has 2 aliphatic rings. The minimum atomic E-state index is -2.80. The Morgan fingerprint density at radius 1 is 0.867 bits per heavy atom. The van der Waals surface area contributed by atoms with E-state index in [1.54, 1.807) is 18.2 Å². The van der Waals surface area contributed by atoms with Gasteiger partial charge in [-0.2, -0.15) is 0 Å². The number of ketones is 1. The van der Waals surface area contributed by atoms with Crippen LogP contribution < -0.4 is 18.4 Å². The Morgan fingerprint density at radius 3 is 2.00 bits per heavy atom. The molecular weight excluding hydrogens is 412 g/mol. The number of methoxy groups -OCH3 is 3. The summed E-state index contributed by atoms with van der Waals surface area (Å²) in [5.74, 6) is -0.111. The van der Waals surface area contributed by atoms with Crippen LogP contribution >= 0.6 is 0 Å². The van der Waals surface area contributed by atoms with E-state index in [0.717, 1.165) is 5.56 Å². The molecule has 1 N–H and O–H groups in total. The monoisotopic (exact) mass is 433 g/mol. The van der Waals surface area contributed by atoms with Gasteiger partial charge in [-0.1, -0.05) is 6.92 Å². The SMILES string of the molecule is COc1cc2c(cc1OC)[C@@H]1C(O)c3cc(OS(=O)[O-])c(OC)cc3[C@@H]1C(C)C2=O. The van der Waals surface area contributed by atoms with Crippen molar-refractivity contribution in [3.05, 3.63) is 46.5 Å². The molecule has 0 fully saturated rings. The Kier molecular flexibility index (Phi) is 5.21. The van der Waals surface area contributed by atoms with E-state index in [1.807, 2.05) is 6.92 Å². The zero-order chi connectivity index (χ0) is 21.7. The molecule has 2 aliphatic carbocycles. The lowest BCUT2D eigenvalue weighted by Gasteiger charge is -2.34. The van der Waals surface area contributed by atoms with Crippen LogP contribution in [-0.2, 0) is 11.4 Å². The average molecular weight is 433 g/mol. The lowest BCUT2D eigenvalue weighted by Crippen LogP contribution is -2.30. The van der Waals surface area contributed by atoms with Gasteiger partial charge in [-0.25, -0.2) is 4.21 Å². The molecule has 0 bridgehead atoms. The van der Waals surface area contributed by atoms with Crippen molar-refractivity contribution in [1.29, 1.82) is 0 Å². The summed E-state index contributed by atoms with van der Waals surface area (Å²) in [6.07, 6.45) is -0.967. The fraction of sp³-hybridized carbons (Fsp3) is 0.381. The minimum Gasteiger partial charge on any atom is -0.740 e. The van der Waals surface area contributed by atoms with Crippen LogP contribution in [0.15, 0.2) is 24.3 Å². The Balaban J connectivity index is 1.91. The molecule has 0 aliphatic heterocycles. The molecule has 0 radical (unpaired) electrons. The maximum absolute atomic E-state index is 13.2. The first-order chi connectivity index (χ1) is 14.3. The van der Waals surface area contributed by atoms with E-state index < -0.39 is 29.3 Å². The molecule has 160 valence electrons. The quantitative estimate of drug-likeness (QED) is 0.716. The molecule has 0 spiro atoms. The highest BCUT2D eigenvalue weighted by molar-refractivity contribution is 7.74. The molecule has 5 atom stereocenters. The van der Waals surface area contributed by atoms with Gasteiger partial charge in [-0.15, -0.1) is 0 Å². The van der Waals surface area contributed by atoms with Crippen LogP contribution in [0.4, 0.5) is 0 Å². The van der Waals surface area contributed by atoms with Gasteiger partial charge in [0.15, 0.2) is 28.8 Å². The van der Waals surface area contributed by atoms with E-state index in [1.165, 1.54) is 27.4 Å². The summed E-state index contributed by atoms with van der Waals surface area (Å²) in [5.41, 5.74) is 2.39. The molecule has 30 heavy (non-hydrogen) atoms. The third-order valence-electron chi connectivity index (χ3n) is 6.06. The third kappa shape index (κ3) is 2.96. The van der Waals surface area contributed by atoms with Crippen LogP contribution in [-0.4, -0.2) is 41.0 Å². The summed E-state index contributed by atoms with van der Waals surface area (Å²) < 4.78 is 42.9. The highest BCUT2D eigenvalue weighted by Crippen LogP contribution is 2.60. The number of rotatable bonds is 5. The van der Waals surface area contributed by atoms with Crippen LogP contribution in [0.5, 0.6) is 23.0 Å². The zero-order valence-corrected chi connectivity index (χ0v) is 17.6. The predicted molar refractivity (Wildman–Crippen MR) is 106 cm³/mol. The minimum absolute atomic E-state index is 0.0196. The summed E-state index contributed by atoms with van der Waals surface area (Å²) >= 11 is -2.80. The topological polar surface area (TPSA) is 114 Å². The molecule has 0 saturated heterocycles. The second-order valence-electron chi connectivity index (χ2n) is 7.36. The van der Waals surface area contributed by atoms with Crippen LogP contribution in [0.1, 0.15) is 51.9 Å². The van der Waals surface area contributed by atoms with Crippen molar-refractivity contribution >= 4 is 17.1 Å². The van der Waals surface area contributed by atoms with E-state index in [4.69, 9.17) is 18.4 Å². The lowest BCUT2D eigenvalue weighted by atomic mass is 9.68. The summed E-state index contributed by atoms with van der Waals surface area (Å²) in [6, 6.07) is 6.48. The number of ether oxygens (including phenoxy) is 3. The summed E-state index contributed by atoms with van der Waals surface area (Å²) in [7, 11) is 4.40. The second kappa shape index (κ2) is 7.57. The van der Waals surface area contributed by atoms with Gasteiger partial charge in [0.05, 0.1) is 27.4 Å². The van der Waals surface area contributed by atoms with E-state index in [9.17, 15) is 18.7 Å². The molecule has 2 aromatic carbocycles. The number of aliphatic hydroxyl groups excluding tert-OH is 1. The highest BCUT2D eigenvalue weighted by Gasteiger charge is 2.50. The number of Topliss-reactive ketones (excluding diaryl/α,β-unsaturated/α-hetero) is 1. The van der Waals surface area contributed by atoms with Gasteiger partial charge in [0, 0.05) is 23.3 Å². The fourth-order valence-corrected chi connectivity index (χ4v) is 5.03. The van der Waals surface area contributed by atoms with Gasteiger partial charge in [-0.3, -0.25) is 4.79 Å². The fourth-order valence-electron chi connectivity index (χ4n) is 4.75. The third-order valence-corrected chi connectivity index (χ3v) is 6.38. The Bertz CT molecular complexity index is 1050. The van der Waals surface area contributed by atoms with Crippen LogP contribution in [0.2, 0.25) is 0 Å². The Hall–Kier alpha value is -2.62. The standard InChI is InChI=1S/C21H22O8S/c1-9-18-10-5-16(28-4)17(29-30(24)25)8-13(10)21(23)19(18)11-6-14(26-2)15(27-3)7-12(11)20(9)22/h5-9,18-19,21,23H,1-4H3,(H,24,25)/p-1/t9?,18-,19-,21?/m0/s1. The van der Waals surface area contributed by atoms with E-state index >= 15 is 0 Å². The van der Waals surface area contributed by atoms with Crippen LogP contribution in [0.3, 0.4) is 0 Å². The molecule has 0 heterocycles. The largest absolute Gasteiger partial charge is 0.740 e. The molecule has 8 nitrogen and oxygen atoms in total. The molecule has 3 unspecified atom stereocenters. The average Bonchev–Trinajstić information content (AvgIpc) is 3.01. The smallest absolute Gasteiger partial charge is 0.181 e. The molecule has 2 aromatic rings. The highest BCUT2D eigenvalue weighted by atomic mass is 32.2. The molecule has 4 rings (SSSR count). The summed E-state index contributed by atoms with van der Waals surface area (Å²) in [5, 5.41) is 11.2. The number of hydrogen-bond donors (Lipinski definition) is 1. The van der Waals surface area contributed by atoms with Crippen LogP contribution in [0.25, 0.3) is 0 Å². The Labute approximate surface area is 176 Å². The van der Waals surface area contributed by atoms with E-state index in [-0.39, 0.29) is 23.2 Å². The van der Waals surface area contributed by atoms with Crippen molar-refractivity contribution in [2.45, 2.75) is 24.9 Å². The molecule has 9 heteroatoms. The van der Waals surface area contributed by atoms with Crippen molar-refractivity contribution < 1.29 is 37.1 Å². The first kappa shape index (κ1) is 20.6. The normalized spacial score (nSPS) is 25.1. The van der Waals surface area contributed by atoms with Crippen LogP contribution in [0, 0.1) is 5.92 Å². The molecular formula is C21H21O8S-. The zero-order valence-electron chi connectivity index (χ0n) is 16.8. The maximum Gasteiger partial charge on any atom is 0.181 e. The van der Waals surface area contributed by atoms with Gasteiger partial charge in [0.2, 0.25) is 0 Å². The number of aliphatic hydroxyl groups is 1. The first-order valence-electron chi connectivity index (χ1n) is 9.30. The molecule has 0 aromatic heterocycles. The van der Waals surface area contributed by atoms with Crippen molar-refractivity contribution in [1.82, 2.24) is 0 Å². The number of fused-ring (bicyclic) bond motifs is 5. The van der Waals surface area contributed by atoms with Gasteiger partial charge in [-0.05, 0) is 41.0 Å². The maximum atomic E-state index is 13.2. The van der Waals surface area contributed by atoms with Crippen molar-refractivity contribution in [2.75, 3.05) is 21.3 Å². The van der Waals surface area contributed by atoms with Crippen molar-refractivity contribution in [2.24, 2.45) is 5.92 Å². The van der Waals surface area contributed by atoms with Gasteiger partial charge in [0.25, 0.3) is 0 Å². The Morgan fingerprint density at radius 2 is 1.40 bits per heavy atom. The van der Waals surface area contributed by atoms with E-state index in [2.05, 4.69) is 0 Å². The number of carbonyl (C=O) groups is 1. The van der Waals surface area contributed by atoms with Gasteiger partial charge >= 0.3 is 0 Å². The number of benzene rings is 2. The number of hydrogen-bond acceptors (Lipinski definition) is 8. The lowest BCUT2D eigenvalue weighted by molar-refractivity contribution is 0.0835. The van der Waals surface area contributed by atoms with Crippen molar-refractivity contribution in [3.63, 3.8) is 0 Å². The molecule has 0 amide bonds. The summed E-state index contributed by atoms with van der Waals surface area (Å²) in [4.78, 5) is 13.2. The van der Waals surface area contributed by atoms with Gasteiger partial charge < -0.3 is 28.1 Å². The van der Waals surface area contributed by atoms with Crippen molar-refractivity contribution in [3.8, 4) is 23.0 Å². The molecule has 0 saturated carbocycles. The summed E-state index contributed by atoms with van der Waals surface area (Å²) in [6.45, 7) is 1.82. The second-order valence-corrected chi connectivity index (χ2v) is 7.94. The van der Waals surface area contributed by atoms with E-state index in [0.29, 0.717) is 28.2 Å². The number of carbonyl (C=O) groups excluding carboxylic acids is 1.